The molecule has 2 rings (SSSR count). The van der Waals surface area contributed by atoms with E-state index in [0.717, 1.165) is 22.8 Å². The number of hydrogen-bond acceptors (Lipinski definition) is 3. The van der Waals surface area contributed by atoms with Crippen LogP contribution >= 0.6 is 0 Å². The third-order valence-corrected chi connectivity index (χ3v) is 5.21. The molecular formula is C24H34O3. The molecule has 2 atom stereocenters. The fraction of sp³-hybridized carbons (Fsp3) is 0.542. The second kappa shape index (κ2) is 11.8. The van der Waals surface area contributed by atoms with E-state index in [1.54, 1.807) is 7.11 Å². The minimum absolute atomic E-state index is 0.302. The van der Waals surface area contributed by atoms with Crippen LogP contribution in [-0.2, 0) is 14.3 Å². The first-order chi connectivity index (χ1) is 13.2. The molecule has 3 heteroatoms. The molecule has 0 aromatic heterocycles. The van der Waals surface area contributed by atoms with Crippen LogP contribution in [0.15, 0.2) is 42.5 Å². The summed E-state index contributed by atoms with van der Waals surface area (Å²) in [7, 11) is 1.56. The van der Waals surface area contributed by atoms with Gasteiger partial charge in [-0.3, -0.25) is 0 Å². The van der Waals surface area contributed by atoms with Gasteiger partial charge in [-0.25, -0.2) is 4.79 Å². The van der Waals surface area contributed by atoms with Gasteiger partial charge in [-0.15, -0.1) is 0 Å². The van der Waals surface area contributed by atoms with Crippen molar-refractivity contribution >= 4 is 16.7 Å². The molecular weight excluding hydrogens is 336 g/mol. The monoisotopic (exact) mass is 370 g/mol. The highest BCUT2D eigenvalue weighted by Crippen LogP contribution is 2.27. The van der Waals surface area contributed by atoms with Gasteiger partial charge in [-0.05, 0) is 28.7 Å². The predicted octanol–water partition coefficient (Wildman–Crippen LogP) is 6.46. The lowest BCUT2D eigenvalue weighted by atomic mass is 9.99. The van der Waals surface area contributed by atoms with Gasteiger partial charge >= 0.3 is 5.97 Å². The molecule has 2 aromatic carbocycles. The number of carbonyl (C=O) groups excluding carboxylic acids is 1. The molecule has 0 spiro atoms. The highest BCUT2D eigenvalue weighted by molar-refractivity contribution is 5.90. The maximum absolute atomic E-state index is 12.6. The second-order valence-electron chi connectivity index (χ2n) is 7.45. The summed E-state index contributed by atoms with van der Waals surface area (Å²) in [6.45, 7) is 4.94. The van der Waals surface area contributed by atoms with Crippen molar-refractivity contribution in [1.29, 1.82) is 0 Å². The lowest BCUT2D eigenvalue weighted by Crippen LogP contribution is -2.19. The molecule has 0 aliphatic heterocycles. The molecule has 0 unspecified atom stereocenters. The van der Waals surface area contributed by atoms with Crippen LogP contribution in [-0.4, -0.2) is 19.7 Å². The van der Waals surface area contributed by atoms with Gasteiger partial charge in [0.1, 0.15) is 0 Å². The molecule has 0 saturated carbocycles. The van der Waals surface area contributed by atoms with Crippen LogP contribution in [0.1, 0.15) is 70.5 Å². The molecule has 0 amide bonds. The van der Waals surface area contributed by atoms with E-state index in [1.807, 2.05) is 42.5 Å². The van der Waals surface area contributed by atoms with Crippen molar-refractivity contribution in [2.75, 3.05) is 13.7 Å². The van der Waals surface area contributed by atoms with Crippen LogP contribution in [0, 0.1) is 5.92 Å². The SMILES string of the molecule is CCCCCCC[C@@H](C)CCOC(=O)[C@H](OC)c1cccc2ccccc12. The molecule has 0 radical (unpaired) electrons. The Balaban J connectivity index is 1.83. The topological polar surface area (TPSA) is 35.5 Å². The third-order valence-electron chi connectivity index (χ3n) is 5.21. The Kier molecular flexibility index (Phi) is 9.34. The molecule has 148 valence electrons. The first-order valence-corrected chi connectivity index (χ1v) is 10.3. The van der Waals surface area contributed by atoms with Gasteiger partial charge in [-0.2, -0.15) is 0 Å². The number of ether oxygens (including phenoxy) is 2. The fourth-order valence-corrected chi connectivity index (χ4v) is 3.51. The smallest absolute Gasteiger partial charge is 0.339 e. The summed E-state index contributed by atoms with van der Waals surface area (Å²) in [6, 6.07) is 14.0. The van der Waals surface area contributed by atoms with Gasteiger partial charge in [0.25, 0.3) is 0 Å². The molecule has 0 fully saturated rings. The van der Waals surface area contributed by atoms with Crippen molar-refractivity contribution in [1.82, 2.24) is 0 Å². The molecule has 0 saturated heterocycles. The number of unbranched alkanes of at least 4 members (excludes halogenated alkanes) is 4. The van der Waals surface area contributed by atoms with Gasteiger partial charge in [0, 0.05) is 7.11 Å². The maximum Gasteiger partial charge on any atom is 0.339 e. The summed E-state index contributed by atoms with van der Waals surface area (Å²) < 4.78 is 11.0. The fourth-order valence-electron chi connectivity index (χ4n) is 3.51. The summed E-state index contributed by atoms with van der Waals surface area (Å²) in [5, 5.41) is 2.13. The average Bonchev–Trinajstić information content (AvgIpc) is 2.68. The standard InChI is InChI=1S/C24H34O3/c1-4-5-6-7-8-12-19(2)17-18-27-24(25)23(26-3)22-16-11-14-20-13-9-10-15-21(20)22/h9-11,13-16,19,23H,4-8,12,17-18H2,1-3H3/t19-,23-/m1/s1. The number of rotatable bonds is 12. The molecule has 0 N–H and O–H groups in total. The largest absolute Gasteiger partial charge is 0.463 e. The molecule has 2 aromatic rings. The Morgan fingerprint density at radius 3 is 2.48 bits per heavy atom. The van der Waals surface area contributed by atoms with Crippen LogP contribution in [0.4, 0.5) is 0 Å². The van der Waals surface area contributed by atoms with Gasteiger partial charge < -0.3 is 9.47 Å². The van der Waals surface area contributed by atoms with Crippen molar-refractivity contribution in [2.24, 2.45) is 5.92 Å². The first kappa shape index (κ1) is 21.4. The third kappa shape index (κ3) is 6.66. The van der Waals surface area contributed by atoms with Crippen LogP contribution in [0.25, 0.3) is 10.8 Å². The molecule has 0 aliphatic carbocycles. The van der Waals surface area contributed by atoms with E-state index in [9.17, 15) is 4.79 Å². The zero-order valence-electron chi connectivity index (χ0n) is 17.1. The Hall–Kier alpha value is -1.87. The number of fused-ring (bicyclic) bond motifs is 1. The van der Waals surface area contributed by atoms with E-state index >= 15 is 0 Å². The molecule has 27 heavy (non-hydrogen) atoms. The van der Waals surface area contributed by atoms with E-state index in [1.165, 1.54) is 38.5 Å². The van der Waals surface area contributed by atoms with Crippen molar-refractivity contribution in [2.45, 2.75) is 64.9 Å². The van der Waals surface area contributed by atoms with Crippen molar-refractivity contribution < 1.29 is 14.3 Å². The van der Waals surface area contributed by atoms with Crippen LogP contribution in [0.3, 0.4) is 0 Å². The number of methoxy groups -OCH3 is 1. The van der Waals surface area contributed by atoms with Gasteiger partial charge in [0.2, 0.25) is 0 Å². The molecule has 0 aliphatic rings. The highest BCUT2D eigenvalue weighted by Gasteiger charge is 2.23. The van der Waals surface area contributed by atoms with Gasteiger partial charge in [-0.1, -0.05) is 94.8 Å². The van der Waals surface area contributed by atoms with E-state index < -0.39 is 6.10 Å². The average molecular weight is 371 g/mol. The zero-order chi connectivity index (χ0) is 19.5. The molecule has 0 heterocycles. The number of hydrogen-bond donors (Lipinski definition) is 0. The molecule has 0 bridgehead atoms. The lowest BCUT2D eigenvalue weighted by molar-refractivity contribution is -0.156. The Bertz CT molecular complexity index is 690. The number of benzene rings is 2. The summed E-state index contributed by atoms with van der Waals surface area (Å²) >= 11 is 0. The van der Waals surface area contributed by atoms with Gasteiger partial charge in [0.15, 0.2) is 6.10 Å². The lowest BCUT2D eigenvalue weighted by Gasteiger charge is -2.18. The zero-order valence-corrected chi connectivity index (χ0v) is 17.1. The molecule has 3 nitrogen and oxygen atoms in total. The van der Waals surface area contributed by atoms with Crippen LogP contribution < -0.4 is 0 Å². The summed E-state index contributed by atoms with van der Waals surface area (Å²) in [5.41, 5.74) is 0.865. The normalized spacial score (nSPS) is 13.4. The Labute approximate surface area is 164 Å². The summed E-state index contributed by atoms with van der Waals surface area (Å²) in [4.78, 5) is 12.6. The van der Waals surface area contributed by atoms with Crippen molar-refractivity contribution in [3.05, 3.63) is 48.0 Å². The summed E-state index contributed by atoms with van der Waals surface area (Å²) in [6.07, 6.45) is 7.96. The highest BCUT2D eigenvalue weighted by atomic mass is 16.6. The van der Waals surface area contributed by atoms with Gasteiger partial charge in [0.05, 0.1) is 6.61 Å². The quantitative estimate of drug-likeness (QED) is 0.318. The van der Waals surface area contributed by atoms with Crippen molar-refractivity contribution in [3.8, 4) is 0 Å². The minimum atomic E-state index is -0.680. The number of carbonyl (C=O) groups is 1. The maximum atomic E-state index is 12.6. The van der Waals surface area contributed by atoms with E-state index in [2.05, 4.69) is 13.8 Å². The van der Waals surface area contributed by atoms with E-state index in [-0.39, 0.29) is 5.97 Å². The van der Waals surface area contributed by atoms with Crippen LogP contribution in [0.5, 0.6) is 0 Å². The van der Waals surface area contributed by atoms with E-state index in [4.69, 9.17) is 9.47 Å². The van der Waals surface area contributed by atoms with Crippen LogP contribution in [0.2, 0.25) is 0 Å². The van der Waals surface area contributed by atoms with Crippen molar-refractivity contribution in [3.63, 3.8) is 0 Å². The Morgan fingerprint density at radius 2 is 1.70 bits per heavy atom. The number of esters is 1. The minimum Gasteiger partial charge on any atom is -0.463 e. The second-order valence-corrected chi connectivity index (χ2v) is 7.45. The Morgan fingerprint density at radius 1 is 0.963 bits per heavy atom. The summed E-state index contributed by atoms with van der Waals surface area (Å²) in [5.74, 6) is 0.280. The van der Waals surface area contributed by atoms with E-state index in [0.29, 0.717) is 12.5 Å². The first-order valence-electron chi connectivity index (χ1n) is 10.3. The predicted molar refractivity (Wildman–Crippen MR) is 112 cm³/mol.